The zero-order valence-electron chi connectivity index (χ0n) is 24.3. The largest absolute Gasteiger partial charge is 0.403 e. The van der Waals surface area contributed by atoms with Gasteiger partial charge in [-0.15, -0.1) is 23.7 Å². The fourth-order valence-corrected chi connectivity index (χ4v) is 10.5. The Balaban J connectivity index is 1.87. The topological polar surface area (TPSA) is 52.6 Å². The molecular formula is C34H40O4SSi. The predicted octanol–water partition coefficient (Wildman–Crippen LogP) is 6.36. The van der Waals surface area contributed by atoms with Gasteiger partial charge in [0.2, 0.25) is 0 Å². The van der Waals surface area contributed by atoms with E-state index in [4.69, 9.17) is 8.61 Å². The van der Waals surface area contributed by atoms with Gasteiger partial charge >= 0.3 is 0 Å². The highest BCUT2D eigenvalue weighted by Gasteiger charge is 2.50. The smallest absolute Gasteiger partial charge is 0.297 e. The van der Waals surface area contributed by atoms with Crippen molar-refractivity contribution in [3.63, 3.8) is 0 Å². The van der Waals surface area contributed by atoms with Crippen LogP contribution in [0.2, 0.25) is 5.04 Å². The van der Waals surface area contributed by atoms with E-state index < -0.39 is 18.4 Å². The third-order valence-corrected chi connectivity index (χ3v) is 13.1. The molecule has 0 aliphatic rings. The first-order chi connectivity index (χ1) is 19.1. The number of unbranched alkanes of at least 4 members (excludes halogenated alkanes) is 2. The first-order valence-electron chi connectivity index (χ1n) is 13.7. The van der Waals surface area contributed by atoms with Crippen molar-refractivity contribution in [2.45, 2.75) is 76.8 Å². The zero-order chi connectivity index (χ0) is 29.1. The lowest BCUT2D eigenvalue weighted by Crippen LogP contribution is -2.66. The summed E-state index contributed by atoms with van der Waals surface area (Å²) in [4.78, 5) is 0.141. The van der Waals surface area contributed by atoms with Crippen LogP contribution in [0, 0.1) is 30.6 Å². The second-order valence-corrected chi connectivity index (χ2v) is 16.6. The molecule has 0 radical (unpaired) electrons. The van der Waals surface area contributed by atoms with Gasteiger partial charge in [-0.2, -0.15) is 8.42 Å². The van der Waals surface area contributed by atoms with Crippen LogP contribution in [0.15, 0.2) is 83.8 Å². The number of aryl methyl sites for hydroxylation is 1. The standard InChI is InChI=1S/C34H40O4SSi/c1-6-7-8-9-10-11-12-19-26-37-39(35,36)33-25-24-29(2)27-30(33)28-38-40(34(3,4)5,31-20-15-13-16-21-31)32-22-17-14-18-23-32/h13-18,20-25,27H,8-10,19,26,28H2,1-5H3. The van der Waals surface area contributed by atoms with Gasteiger partial charge in [-0.3, -0.25) is 4.18 Å². The average Bonchev–Trinajstić information content (AvgIpc) is 2.93. The molecule has 3 aromatic rings. The minimum atomic E-state index is -4.00. The van der Waals surface area contributed by atoms with Crippen molar-refractivity contribution >= 4 is 28.8 Å². The van der Waals surface area contributed by atoms with E-state index in [0.29, 0.717) is 12.0 Å². The van der Waals surface area contributed by atoms with E-state index in [1.807, 2.05) is 56.3 Å². The molecular weight excluding hydrogens is 533 g/mol. The lowest BCUT2D eigenvalue weighted by Gasteiger charge is -2.43. The van der Waals surface area contributed by atoms with Crippen LogP contribution in [-0.4, -0.2) is 23.3 Å². The summed E-state index contributed by atoms with van der Waals surface area (Å²) in [5.41, 5.74) is 1.55. The third kappa shape index (κ3) is 7.96. The molecule has 0 bridgehead atoms. The first kappa shape index (κ1) is 31.4. The maximum absolute atomic E-state index is 13.3. The number of hydrogen-bond donors (Lipinski definition) is 0. The van der Waals surface area contributed by atoms with Crippen LogP contribution in [0.4, 0.5) is 0 Å². The molecule has 0 aliphatic heterocycles. The molecule has 3 aromatic carbocycles. The van der Waals surface area contributed by atoms with Crippen molar-refractivity contribution in [2.75, 3.05) is 6.61 Å². The maximum Gasteiger partial charge on any atom is 0.297 e. The Morgan fingerprint density at radius 2 is 1.38 bits per heavy atom. The lowest BCUT2D eigenvalue weighted by atomic mass is 10.1. The normalized spacial score (nSPS) is 11.7. The summed E-state index contributed by atoms with van der Waals surface area (Å²) in [5, 5.41) is 2.06. The molecule has 0 heterocycles. The highest BCUT2D eigenvalue weighted by molar-refractivity contribution is 7.86. The molecule has 0 N–H and O–H groups in total. The Labute approximate surface area is 242 Å². The van der Waals surface area contributed by atoms with Gasteiger partial charge in [0.25, 0.3) is 18.4 Å². The van der Waals surface area contributed by atoms with Crippen LogP contribution in [0.5, 0.6) is 0 Å². The quantitative estimate of drug-likeness (QED) is 0.116. The van der Waals surface area contributed by atoms with Crippen LogP contribution >= 0.6 is 0 Å². The Kier molecular flexibility index (Phi) is 11.4. The zero-order valence-corrected chi connectivity index (χ0v) is 26.1. The molecule has 210 valence electrons. The van der Waals surface area contributed by atoms with Crippen molar-refractivity contribution in [1.29, 1.82) is 0 Å². The van der Waals surface area contributed by atoms with Gasteiger partial charge in [-0.1, -0.05) is 99.1 Å². The predicted molar refractivity (Wildman–Crippen MR) is 166 cm³/mol. The summed E-state index contributed by atoms with van der Waals surface area (Å²) < 4.78 is 39.0. The average molecular weight is 573 g/mol. The third-order valence-electron chi connectivity index (χ3n) is 6.72. The van der Waals surface area contributed by atoms with E-state index in [9.17, 15) is 8.42 Å². The van der Waals surface area contributed by atoms with E-state index in [-0.39, 0.29) is 23.1 Å². The monoisotopic (exact) mass is 572 g/mol. The Morgan fingerprint density at radius 1 is 0.800 bits per heavy atom. The van der Waals surface area contributed by atoms with Crippen molar-refractivity contribution < 1.29 is 17.0 Å². The van der Waals surface area contributed by atoms with Gasteiger partial charge in [0.15, 0.2) is 0 Å². The Hall–Kier alpha value is -3.13. The van der Waals surface area contributed by atoms with Gasteiger partial charge in [-0.25, -0.2) is 0 Å². The SMILES string of the molecule is CC#CCCCC#CCCOS(=O)(=O)c1ccc(C)cc1CO[Si](c1ccccc1)(c1ccccc1)C(C)(C)C. The van der Waals surface area contributed by atoms with Gasteiger partial charge in [0.1, 0.15) is 0 Å². The van der Waals surface area contributed by atoms with Gasteiger partial charge in [0, 0.05) is 19.3 Å². The summed E-state index contributed by atoms with van der Waals surface area (Å²) in [6, 6.07) is 25.9. The maximum atomic E-state index is 13.3. The first-order valence-corrected chi connectivity index (χ1v) is 17.0. The van der Waals surface area contributed by atoms with Gasteiger partial charge in [-0.05, 0) is 47.3 Å². The molecule has 0 saturated carbocycles. The van der Waals surface area contributed by atoms with Crippen molar-refractivity contribution in [2.24, 2.45) is 0 Å². The summed E-state index contributed by atoms with van der Waals surface area (Å²) in [5.74, 6) is 11.9. The molecule has 0 aromatic heterocycles. The molecule has 3 rings (SSSR count). The summed E-state index contributed by atoms with van der Waals surface area (Å²) >= 11 is 0. The van der Waals surface area contributed by atoms with Crippen molar-refractivity contribution in [3.05, 3.63) is 90.0 Å². The molecule has 0 amide bonds. The van der Waals surface area contributed by atoms with E-state index in [1.165, 1.54) is 0 Å². The fourth-order valence-electron chi connectivity index (χ4n) is 4.85. The molecule has 0 unspecified atom stereocenters. The second-order valence-electron chi connectivity index (χ2n) is 10.7. The molecule has 0 fully saturated rings. The van der Waals surface area contributed by atoms with E-state index in [0.717, 1.165) is 35.2 Å². The summed E-state index contributed by atoms with van der Waals surface area (Å²) in [6.07, 6.45) is 2.81. The Morgan fingerprint density at radius 3 is 1.95 bits per heavy atom. The molecule has 0 aliphatic carbocycles. The number of benzene rings is 3. The highest BCUT2D eigenvalue weighted by Crippen LogP contribution is 2.37. The molecule has 0 atom stereocenters. The Bertz CT molecular complexity index is 1430. The lowest BCUT2D eigenvalue weighted by molar-refractivity contribution is 0.280. The second kappa shape index (κ2) is 14.5. The molecule has 0 saturated heterocycles. The fraction of sp³-hybridized carbons (Fsp3) is 0.353. The summed E-state index contributed by atoms with van der Waals surface area (Å²) in [6.45, 7) is 10.5. The summed E-state index contributed by atoms with van der Waals surface area (Å²) in [7, 11) is -6.84. The van der Waals surface area contributed by atoms with E-state index >= 15 is 0 Å². The van der Waals surface area contributed by atoms with Gasteiger partial charge in [0.05, 0.1) is 18.1 Å². The molecule has 4 nitrogen and oxygen atoms in total. The highest BCUT2D eigenvalue weighted by atomic mass is 32.2. The number of hydrogen-bond acceptors (Lipinski definition) is 4. The van der Waals surface area contributed by atoms with Crippen LogP contribution in [0.3, 0.4) is 0 Å². The minimum absolute atomic E-state index is 0.00693. The molecule has 0 spiro atoms. The van der Waals surface area contributed by atoms with Crippen LogP contribution < -0.4 is 10.4 Å². The number of rotatable bonds is 11. The molecule has 6 heteroatoms. The minimum Gasteiger partial charge on any atom is -0.403 e. The molecule has 40 heavy (non-hydrogen) atoms. The van der Waals surface area contributed by atoms with E-state index in [1.54, 1.807) is 12.1 Å². The van der Waals surface area contributed by atoms with Crippen LogP contribution in [0.25, 0.3) is 0 Å². The van der Waals surface area contributed by atoms with Crippen molar-refractivity contribution in [1.82, 2.24) is 0 Å². The van der Waals surface area contributed by atoms with Crippen LogP contribution in [-0.2, 0) is 25.3 Å². The van der Waals surface area contributed by atoms with Gasteiger partial charge < -0.3 is 4.43 Å². The van der Waals surface area contributed by atoms with E-state index in [2.05, 4.69) is 68.7 Å². The van der Waals surface area contributed by atoms with Crippen molar-refractivity contribution in [3.8, 4) is 23.7 Å². The van der Waals surface area contributed by atoms with Crippen LogP contribution in [0.1, 0.15) is 64.5 Å².